The SMILES string of the molecule is C=CCCCOc1ccc(Br)cc1C(=O)Nc1cccc(-c2nncn2CC=C)n1.O=C1Nc2cccc(n2)-c2nncn2CC=CCCCOc2ccc(Br)cc21. The third kappa shape index (κ3) is 11.2. The highest BCUT2D eigenvalue weighted by Gasteiger charge is 2.18. The summed E-state index contributed by atoms with van der Waals surface area (Å²) in [5.74, 6) is 2.56. The Bertz CT molecular complexity index is 2410. The van der Waals surface area contributed by atoms with E-state index in [9.17, 15) is 9.59 Å². The maximum Gasteiger partial charge on any atom is 0.260 e. The fourth-order valence-electron chi connectivity index (χ4n) is 5.65. The summed E-state index contributed by atoms with van der Waals surface area (Å²) >= 11 is 6.83. The molecule has 2 N–H and O–H groups in total. The van der Waals surface area contributed by atoms with E-state index in [1.165, 1.54) is 0 Å². The van der Waals surface area contributed by atoms with Crippen LogP contribution in [0.25, 0.3) is 23.0 Å². The Hall–Kier alpha value is -6.26. The van der Waals surface area contributed by atoms with Gasteiger partial charge in [0.1, 0.15) is 47.2 Å². The number of rotatable bonds is 10. The van der Waals surface area contributed by atoms with Crippen LogP contribution in [0.1, 0.15) is 46.4 Å². The second-order valence-corrected chi connectivity index (χ2v) is 14.5. The number of amides is 2. The Morgan fingerprint density at radius 2 is 1.69 bits per heavy atom. The van der Waals surface area contributed by atoms with Gasteiger partial charge in [-0.25, -0.2) is 9.97 Å². The number of hydrogen-bond donors (Lipinski definition) is 2. The van der Waals surface area contributed by atoms with E-state index in [4.69, 9.17) is 9.47 Å². The van der Waals surface area contributed by atoms with Crippen molar-refractivity contribution in [3.63, 3.8) is 0 Å². The Morgan fingerprint density at radius 1 is 0.914 bits per heavy atom. The Morgan fingerprint density at radius 3 is 2.53 bits per heavy atom. The molecule has 2 aromatic carbocycles. The molecule has 1 aliphatic rings. The second kappa shape index (κ2) is 20.8. The summed E-state index contributed by atoms with van der Waals surface area (Å²) in [6, 6.07) is 21.5. The predicted molar refractivity (Wildman–Crippen MR) is 230 cm³/mol. The molecule has 0 atom stereocenters. The molecular formula is C42H40Br2N10O4. The fourth-order valence-corrected chi connectivity index (χ4v) is 6.37. The minimum atomic E-state index is -0.313. The smallest absolute Gasteiger partial charge is 0.260 e. The zero-order valence-electron chi connectivity index (χ0n) is 31.4. The summed E-state index contributed by atoms with van der Waals surface area (Å²) in [4.78, 5) is 34.8. The first kappa shape index (κ1) is 41.4. The third-order valence-electron chi connectivity index (χ3n) is 8.42. The van der Waals surface area contributed by atoms with E-state index in [2.05, 4.69) is 98.2 Å². The summed E-state index contributed by atoms with van der Waals surface area (Å²) in [5, 5.41) is 21.9. The highest BCUT2D eigenvalue weighted by Crippen LogP contribution is 2.27. The van der Waals surface area contributed by atoms with Gasteiger partial charge in [0.05, 0.1) is 24.3 Å². The van der Waals surface area contributed by atoms with Crippen LogP contribution in [-0.2, 0) is 13.1 Å². The highest BCUT2D eigenvalue weighted by molar-refractivity contribution is 9.10. The lowest BCUT2D eigenvalue weighted by atomic mass is 10.2. The van der Waals surface area contributed by atoms with Crippen molar-refractivity contribution < 1.29 is 19.1 Å². The molecule has 16 heteroatoms. The van der Waals surface area contributed by atoms with Crippen LogP contribution in [0, 0.1) is 0 Å². The molecule has 0 saturated carbocycles. The van der Waals surface area contributed by atoms with Gasteiger partial charge in [0, 0.05) is 22.0 Å². The third-order valence-corrected chi connectivity index (χ3v) is 9.41. The molecule has 7 rings (SSSR count). The maximum absolute atomic E-state index is 12.9. The van der Waals surface area contributed by atoms with E-state index in [-0.39, 0.29) is 11.8 Å². The number of benzene rings is 2. The van der Waals surface area contributed by atoms with E-state index in [1.807, 2.05) is 45.5 Å². The van der Waals surface area contributed by atoms with E-state index in [0.717, 1.165) is 34.6 Å². The summed E-state index contributed by atoms with van der Waals surface area (Å²) in [6.45, 7) is 9.67. The summed E-state index contributed by atoms with van der Waals surface area (Å²) in [7, 11) is 0. The number of fused-ring (bicyclic) bond motifs is 5. The van der Waals surface area contributed by atoms with E-state index in [0.29, 0.717) is 83.6 Å². The lowest BCUT2D eigenvalue weighted by Gasteiger charge is -2.13. The highest BCUT2D eigenvalue weighted by atomic mass is 79.9. The van der Waals surface area contributed by atoms with E-state index >= 15 is 0 Å². The van der Waals surface area contributed by atoms with E-state index in [1.54, 1.807) is 61.2 Å². The van der Waals surface area contributed by atoms with Crippen molar-refractivity contribution in [1.82, 2.24) is 39.5 Å². The van der Waals surface area contributed by atoms with Crippen LogP contribution in [-0.4, -0.2) is 64.5 Å². The van der Waals surface area contributed by atoms with Gasteiger partial charge in [-0.15, -0.1) is 33.6 Å². The average molecular weight is 909 g/mol. The van der Waals surface area contributed by atoms with Gasteiger partial charge in [0.25, 0.3) is 11.8 Å². The monoisotopic (exact) mass is 906 g/mol. The Kier molecular flexibility index (Phi) is 14.8. The largest absolute Gasteiger partial charge is 0.493 e. The van der Waals surface area contributed by atoms with Crippen LogP contribution in [0.3, 0.4) is 0 Å². The topological polar surface area (TPSA) is 164 Å². The van der Waals surface area contributed by atoms with Crippen molar-refractivity contribution in [1.29, 1.82) is 0 Å². The van der Waals surface area contributed by atoms with Crippen LogP contribution in [0.4, 0.5) is 11.6 Å². The molecule has 58 heavy (non-hydrogen) atoms. The number of carbonyl (C=O) groups is 2. The predicted octanol–water partition coefficient (Wildman–Crippen LogP) is 8.97. The number of nitrogens with one attached hydrogen (secondary N) is 2. The number of hydrogen-bond acceptors (Lipinski definition) is 10. The van der Waals surface area contributed by atoms with Gasteiger partial charge in [0.2, 0.25) is 0 Å². The molecule has 0 saturated heterocycles. The van der Waals surface area contributed by atoms with Gasteiger partial charge in [0.15, 0.2) is 11.6 Å². The van der Waals surface area contributed by atoms with Crippen LogP contribution in [0.2, 0.25) is 0 Å². The molecule has 4 aromatic heterocycles. The molecule has 2 amide bonds. The van der Waals surface area contributed by atoms with Gasteiger partial charge in [-0.05, 0) is 86.3 Å². The van der Waals surface area contributed by atoms with Crippen LogP contribution in [0.5, 0.6) is 11.5 Å². The van der Waals surface area contributed by atoms with Crippen LogP contribution < -0.4 is 20.1 Å². The fraction of sp³-hybridized carbons (Fsp3) is 0.190. The molecule has 0 fully saturated rings. The molecular weight excluding hydrogens is 868 g/mol. The molecule has 5 heterocycles. The van der Waals surface area contributed by atoms with Crippen molar-refractivity contribution in [2.24, 2.45) is 0 Å². The number of anilines is 2. The molecule has 0 spiro atoms. The Balaban J connectivity index is 0.000000196. The number of unbranched alkanes of at least 4 members (excludes halogenated alkanes) is 1. The summed E-state index contributed by atoms with van der Waals surface area (Å²) in [5.41, 5.74) is 2.11. The zero-order valence-corrected chi connectivity index (χ0v) is 34.6. The Labute approximate surface area is 352 Å². The second-order valence-electron chi connectivity index (χ2n) is 12.6. The number of halogens is 2. The minimum Gasteiger partial charge on any atom is -0.493 e. The lowest BCUT2D eigenvalue weighted by Crippen LogP contribution is -2.15. The standard InChI is InChI=1S/C22H22BrN5O2.C20H18BrN5O2/c1-3-5-6-13-30-19-11-10-16(23)14-17(19)22(29)26-20-9-7-8-18(25-20)21-27-24-15-28(21)12-4-2;21-14-8-9-17-15(12-14)20(27)24-18-7-5-6-16(23-18)19-25-22-13-26(19)10-3-1-2-4-11-28-17/h3-4,7-11,14-15H,1-2,5-6,12-13H2,(H,25,26,29);1,3,5-9,12-13H,2,4,10-11H2,(H,23,24,27). The normalized spacial score (nSPS) is 12.4. The molecule has 14 nitrogen and oxygen atoms in total. The van der Waals surface area contributed by atoms with Gasteiger partial charge < -0.3 is 29.2 Å². The molecule has 0 unspecified atom stereocenters. The van der Waals surface area contributed by atoms with Gasteiger partial charge in [-0.3, -0.25) is 9.59 Å². The van der Waals surface area contributed by atoms with Crippen molar-refractivity contribution >= 4 is 55.3 Å². The van der Waals surface area contributed by atoms with Crippen molar-refractivity contribution in [3.8, 4) is 34.5 Å². The lowest BCUT2D eigenvalue weighted by molar-refractivity contribution is 0.101. The van der Waals surface area contributed by atoms with Crippen LogP contribution in [0.15, 0.2) is 132 Å². The molecule has 0 radical (unpaired) electrons. The summed E-state index contributed by atoms with van der Waals surface area (Å²) in [6.07, 6.45) is 14.5. The number of allylic oxidation sites excluding steroid dienone is 4. The van der Waals surface area contributed by atoms with Gasteiger partial charge in [-0.2, -0.15) is 0 Å². The van der Waals surface area contributed by atoms with E-state index < -0.39 is 0 Å². The number of carbonyl (C=O) groups excluding carboxylic acids is 2. The van der Waals surface area contributed by atoms with Crippen molar-refractivity contribution in [3.05, 3.63) is 143 Å². The molecule has 0 aliphatic carbocycles. The van der Waals surface area contributed by atoms with Crippen molar-refractivity contribution in [2.75, 3.05) is 23.8 Å². The molecule has 1 aliphatic heterocycles. The average Bonchev–Trinajstić information content (AvgIpc) is 3.90. The number of nitrogens with zero attached hydrogens (tertiary/aromatic N) is 8. The first-order valence-electron chi connectivity index (χ1n) is 18.4. The number of aromatic nitrogens is 8. The first-order valence-corrected chi connectivity index (χ1v) is 20.0. The number of ether oxygens (including phenoxy) is 2. The zero-order chi connectivity index (χ0) is 40.7. The first-order chi connectivity index (χ1) is 28.3. The van der Waals surface area contributed by atoms with Gasteiger partial charge in [-0.1, -0.05) is 68.3 Å². The number of pyridine rings is 2. The van der Waals surface area contributed by atoms with Gasteiger partial charge >= 0.3 is 0 Å². The minimum absolute atomic E-state index is 0.283. The van der Waals surface area contributed by atoms with Crippen molar-refractivity contribution in [2.45, 2.75) is 38.8 Å². The quantitative estimate of drug-likeness (QED) is 0.100. The molecule has 6 aromatic rings. The molecule has 296 valence electrons. The molecule has 2 bridgehead atoms. The van der Waals surface area contributed by atoms with Crippen LogP contribution >= 0.6 is 31.9 Å². The summed E-state index contributed by atoms with van der Waals surface area (Å²) < 4.78 is 17.0. The maximum atomic E-state index is 12.9.